The standard InChI is InChI=1S/C14H14BrNO4/c1-8-5-12(15)20-13(8)14(18)16-10-3-4-11(19-2)9(6-10)7-17/h3-6,17H,7H2,1-2H3,(H,16,18). The summed E-state index contributed by atoms with van der Waals surface area (Å²) in [6, 6.07) is 6.77. The lowest BCUT2D eigenvalue weighted by Crippen LogP contribution is -2.12. The fourth-order valence-corrected chi connectivity index (χ4v) is 2.34. The fourth-order valence-electron chi connectivity index (χ4n) is 1.84. The number of halogens is 1. The third kappa shape index (κ3) is 3.02. The molecule has 0 atom stereocenters. The van der Waals surface area contributed by atoms with Gasteiger partial charge < -0.3 is 19.6 Å². The number of rotatable bonds is 4. The average molecular weight is 340 g/mol. The second kappa shape index (κ2) is 6.11. The van der Waals surface area contributed by atoms with Gasteiger partial charge in [0.25, 0.3) is 5.91 Å². The number of nitrogens with one attached hydrogen (secondary N) is 1. The maximum Gasteiger partial charge on any atom is 0.291 e. The van der Waals surface area contributed by atoms with Gasteiger partial charge in [0.15, 0.2) is 10.4 Å². The molecule has 6 heteroatoms. The van der Waals surface area contributed by atoms with Crippen molar-refractivity contribution in [1.29, 1.82) is 0 Å². The van der Waals surface area contributed by atoms with E-state index in [2.05, 4.69) is 21.2 Å². The quantitative estimate of drug-likeness (QED) is 0.897. The van der Waals surface area contributed by atoms with Crippen LogP contribution < -0.4 is 10.1 Å². The van der Waals surface area contributed by atoms with Gasteiger partial charge in [-0.3, -0.25) is 4.79 Å². The smallest absolute Gasteiger partial charge is 0.291 e. The van der Waals surface area contributed by atoms with Crippen LogP contribution in [0.25, 0.3) is 0 Å². The number of amides is 1. The first-order valence-electron chi connectivity index (χ1n) is 5.90. The van der Waals surface area contributed by atoms with Gasteiger partial charge in [-0.05, 0) is 47.1 Å². The molecule has 0 aliphatic heterocycles. The number of hydrogen-bond donors (Lipinski definition) is 2. The van der Waals surface area contributed by atoms with Crippen molar-refractivity contribution in [3.05, 3.63) is 45.8 Å². The highest BCUT2D eigenvalue weighted by Gasteiger charge is 2.15. The molecule has 2 N–H and O–H groups in total. The Bertz CT molecular complexity index is 636. The Kier molecular flexibility index (Phi) is 4.46. The Morgan fingerprint density at radius 1 is 1.45 bits per heavy atom. The molecular formula is C14H14BrNO4. The van der Waals surface area contributed by atoms with Crippen LogP contribution >= 0.6 is 15.9 Å². The summed E-state index contributed by atoms with van der Waals surface area (Å²) in [5.41, 5.74) is 1.90. The number of anilines is 1. The van der Waals surface area contributed by atoms with E-state index < -0.39 is 0 Å². The monoisotopic (exact) mass is 339 g/mol. The third-order valence-corrected chi connectivity index (χ3v) is 3.19. The molecule has 1 amide bonds. The lowest BCUT2D eigenvalue weighted by Gasteiger charge is -2.09. The van der Waals surface area contributed by atoms with Crippen molar-refractivity contribution in [2.45, 2.75) is 13.5 Å². The molecule has 106 valence electrons. The van der Waals surface area contributed by atoms with Gasteiger partial charge in [-0.1, -0.05) is 0 Å². The summed E-state index contributed by atoms with van der Waals surface area (Å²) in [4.78, 5) is 12.1. The fraction of sp³-hybridized carbons (Fsp3) is 0.214. The molecule has 2 aromatic rings. The lowest BCUT2D eigenvalue weighted by molar-refractivity contribution is 0.0994. The van der Waals surface area contributed by atoms with Crippen LogP contribution in [0.4, 0.5) is 5.69 Å². The molecule has 2 rings (SSSR count). The van der Waals surface area contributed by atoms with Crippen LogP contribution in [0, 0.1) is 6.92 Å². The first-order chi connectivity index (χ1) is 9.55. The van der Waals surface area contributed by atoms with E-state index in [0.717, 1.165) is 5.56 Å². The number of furan rings is 1. The summed E-state index contributed by atoms with van der Waals surface area (Å²) < 4.78 is 10.9. The molecule has 0 unspecified atom stereocenters. The summed E-state index contributed by atoms with van der Waals surface area (Å²) >= 11 is 3.18. The van der Waals surface area contributed by atoms with Gasteiger partial charge in [-0.15, -0.1) is 0 Å². The number of methoxy groups -OCH3 is 1. The number of hydrogen-bond acceptors (Lipinski definition) is 4. The minimum atomic E-state index is -0.345. The lowest BCUT2D eigenvalue weighted by atomic mass is 10.2. The molecule has 0 aliphatic carbocycles. The van der Waals surface area contributed by atoms with Crippen LogP contribution in [0.3, 0.4) is 0 Å². The van der Waals surface area contributed by atoms with E-state index >= 15 is 0 Å². The van der Waals surface area contributed by atoms with Crippen LogP contribution in [-0.4, -0.2) is 18.1 Å². The minimum Gasteiger partial charge on any atom is -0.496 e. The average Bonchev–Trinajstić information content (AvgIpc) is 2.77. The molecule has 0 saturated heterocycles. The van der Waals surface area contributed by atoms with E-state index in [1.165, 1.54) is 7.11 Å². The van der Waals surface area contributed by atoms with Crippen LogP contribution in [0.1, 0.15) is 21.7 Å². The third-order valence-electron chi connectivity index (χ3n) is 2.80. The first-order valence-corrected chi connectivity index (χ1v) is 6.69. The van der Waals surface area contributed by atoms with Gasteiger partial charge in [0.2, 0.25) is 0 Å². The Balaban J connectivity index is 2.22. The predicted octanol–water partition coefficient (Wildman–Crippen LogP) is 3.10. The number of benzene rings is 1. The number of aryl methyl sites for hydroxylation is 1. The summed E-state index contributed by atoms with van der Waals surface area (Å²) in [5, 5.41) is 12.0. The summed E-state index contributed by atoms with van der Waals surface area (Å²) in [7, 11) is 1.52. The second-order valence-corrected chi connectivity index (χ2v) is 4.98. The molecule has 0 bridgehead atoms. The molecule has 1 aromatic heterocycles. The highest BCUT2D eigenvalue weighted by Crippen LogP contribution is 2.24. The van der Waals surface area contributed by atoms with Crippen molar-refractivity contribution >= 4 is 27.5 Å². The maximum absolute atomic E-state index is 12.1. The SMILES string of the molecule is COc1ccc(NC(=O)c2oc(Br)cc2C)cc1CO. The van der Waals surface area contributed by atoms with E-state index in [1.807, 2.05) is 0 Å². The molecule has 20 heavy (non-hydrogen) atoms. The number of ether oxygens (including phenoxy) is 1. The van der Waals surface area contributed by atoms with Gasteiger partial charge in [0.05, 0.1) is 13.7 Å². The Hall–Kier alpha value is -1.79. The Morgan fingerprint density at radius 3 is 2.75 bits per heavy atom. The summed E-state index contributed by atoms with van der Waals surface area (Å²) in [5.74, 6) is 0.475. The number of carbonyl (C=O) groups excluding carboxylic acids is 1. The predicted molar refractivity (Wildman–Crippen MR) is 78.0 cm³/mol. The highest BCUT2D eigenvalue weighted by atomic mass is 79.9. The Morgan fingerprint density at radius 2 is 2.20 bits per heavy atom. The zero-order valence-electron chi connectivity index (χ0n) is 11.1. The van der Waals surface area contributed by atoms with Gasteiger partial charge in [0.1, 0.15) is 5.75 Å². The van der Waals surface area contributed by atoms with Crippen molar-refractivity contribution in [2.24, 2.45) is 0 Å². The van der Waals surface area contributed by atoms with Crippen LogP contribution in [-0.2, 0) is 6.61 Å². The molecule has 0 spiro atoms. The normalized spacial score (nSPS) is 10.4. The van der Waals surface area contributed by atoms with E-state index in [0.29, 0.717) is 21.7 Å². The number of aliphatic hydroxyl groups is 1. The topological polar surface area (TPSA) is 71.7 Å². The Labute approximate surface area is 124 Å². The van der Waals surface area contributed by atoms with Crippen LogP contribution in [0.15, 0.2) is 33.4 Å². The summed E-state index contributed by atoms with van der Waals surface area (Å²) in [6.45, 7) is 1.62. The molecule has 1 aromatic carbocycles. The van der Waals surface area contributed by atoms with Gasteiger partial charge in [-0.2, -0.15) is 0 Å². The van der Waals surface area contributed by atoms with Crippen molar-refractivity contribution in [1.82, 2.24) is 0 Å². The van der Waals surface area contributed by atoms with Crippen LogP contribution in [0.5, 0.6) is 5.75 Å². The molecule has 0 aliphatic rings. The van der Waals surface area contributed by atoms with Crippen molar-refractivity contribution in [2.75, 3.05) is 12.4 Å². The zero-order valence-corrected chi connectivity index (χ0v) is 12.7. The zero-order chi connectivity index (χ0) is 14.7. The summed E-state index contributed by atoms with van der Waals surface area (Å²) in [6.07, 6.45) is 0. The van der Waals surface area contributed by atoms with Crippen LogP contribution in [0.2, 0.25) is 0 Å². The van der Waals surface area contributed by atoms with Crippen molar-refractivity contribution in [3.8, 4) is 5.75 Å². The number of carbonyl (C=O) groups is 1. The van der Waals surface area contributed by atoms with E-state index in [-0.39, 0.29) is 18.3 Å². The first kappa shape index (κ1) is 14.6. The number of aliphatic hydroxyl groups excluding tert-OH is 1. The second-order valence-electron chi connectivity index (χ2n) is 4.20. The van der Waals surface area contributed by atoms with Crippen molar-refractivity contribution in [3.63, 3.8) is 0 Å². The molecular weight excluding hydrogens is 326 g/mol. The van der Waals surface area contributed by atoms with Gasteiger partial charge >= 0.3 is 0 Å². The van der Waals surface area contributed by atoms with E-state index in [9.17, 15) is 9.90 Å². The maximum atomic E-state index is 12.1. The largest absolute Gasteiger partial charge is 0.496 e. The van der Waals surface area contributed by atoms with Gasteiger partial charge in [-0.25, -0.2) is 0 Å². The van der Waals surface area contributed by atoms with E-state index in [4.69, 9.17) is 9.15 Å². The molecule has 1 heterocycles. The van der Waals surface area contributed by atoms with Crippen molar-refractivity contribution < 1.29 is 19.1 Å². The van der Waals surface area contributed by atoms with Gasteiger partial charge in [0, 0.05) is 16.8 Å². The minimum absolute atomic E-state index is 0.168. The molecule has 0 fully saturated rings. The highest BCUT2D eigenvalue weighted by molar-refractivity contribution is 9.10. The molecule has 0 radical (unpaired) electrons. The molecule has 5 nitrogen and oxygen atoms in total. The molecule has 0 saturated carbocycles. The van der Waals surface area contributed by atoms with E-state index in [1.54, 1.807) is 31.2 Å².